The number of benzene rings is 1. The maximum absolute atomic E-state index is 5.40. The van der Waals surface area contributed by atoms with E-state index in [-0.39, 0.29) is 0 Å². The van der Waals surface area contributed by atoms with Crippen LogP contribution in [0.1, 0.15) is 11.3 Å². The molecular weight excluding hydrogens is 270 g/mol. The van der Waals surface area contributed by atoms with E-state index in [1.807, 2.05) is 18.3 Å². The van der Waals surface area contributed by atoms with Gasteiger partial charge < -0.3 is 24.5 Å². The van der Waals surface area contributed by atoms with E-state index in [0.29, 0.717) is 18.0 Å². The third kappa shape index (κ3) is 3.88. The Morgan fingerprint density at radius 1 is 1.05 bits per heavy atom. The van der Waals surface area contributed by atoms with Crippen LogP contribution in [0.2, 0.25) is 0 Å². The second-order valence-corrected chi connectivity index (χ2v) is 4.52. The molecule has 0 radical (unpaired) electrons. The lowest BCUT2D eigenvalue weighted by Gasteiger charge is -2.14. The van der Waals surface area contributed by atoms with Gasteiger partial charge in [0.1, 0.15) is 5.75 Å². The Hall–Kier alpha value is -2.21. The van der Waals surface area contributed by atoms with Crippen LogP contribution < -0.4 is 19.5 Å². The Balaban J connectivity index is 1.97. The Labute approximate surface area is 124 Å². The number of rotatable bonds is 8. The van der Waals surface area contributed by atoms with Crippen LogP contribution in [-0.2, 0) is 13.0 Å². The van der Waals surface area contributed by atoms with Gasteiger partial charge in [-0.3, -0.25) is 0 Å². The van der Waals surface area contributed by atoms with Gasteiger partial charge in [-0.15, -0.1) is 0 Å². The first-order chi connectivity index (χ1) is 10.3. The molecule has 0 amide bonds. The minimum Gasteiger partial charge on any atom is -0.496 e. The van der Waals surface area contributed by atoms with E-state index in [4.69, 9.17) is 14.2 Å². The van der Waals surface area contributed by atoms with Gasteiger partial charge in [-0.05, 0) is 6.07 Å². The molecule has 0 aliphatic rings. The molecule has 0 unspecified atom stereocenters. The maximum atomic E-state index is 5.40. The number of methoxy groups -OCH3 is 3. The van der Waals surface area contributed by atoms with Crippen molar-refractivity contribution in [1.82, 2.24) is 15.3 Å². The molecule has 1 aromatic carbocycles. The molecule has 0 spiro atoms. The molecule has 0 bridgehead atoms. The Morgan fingerprint density at radius 2 is 1.76 bits per heavy atom. The summed E-state index contributed by atoms with van der Waals surface area (Å²) in [5.74, 6) is 2.14. The highest BCUT2D eigenvalue weighted by Gasteiger charge is 2.11. The SMILES string of the molecule is COc1cc(OC)c(OC)cc1CNCCc1cnc[nH]1. The molecule has 0 fully saturated rings. The highest BCUT2D eigenvalue weighted by molar-refractivity contribution is 5.50. The Kier molecular flexibility index (Phi) is 5.45. The molecule has 21 heavy (non-hydrogen) atoms. The molecule has 114 valence electrons. The number of nitrogens with one attached hydrogen (secondary N) is 2. The number of aromatic nitrogens is 2. The summed E-state index contributed by atoms with van der Waals surface area (Å²) in [6, 6.07) is 3.77. The van der Waals surface area contributed by atoms with Crippen LogP contribution in [0.4, 0.5) is 0 Å². The van der Waals surface area contributed by atoms with Gasteiger partial charge >= 0.3 is 0 Å². The monoisotopic (exact) mass is 291 g/mol. The number of ether oxygens (including phenoxy) is 3. The van der Waals surface area contributed by atoms with Gasteiger partial charge in [-0.2, -0.15) is 0 Å². The highest BCUT2D eigenvalue weighted by atomic mass is 16.5. The molecule has 0 aliphatic heterocycles. The van der Waals surface area contributed by atoms with Crippen molar-refractivity contribution in [2.24, 2.45) is 0 Å². The van der Waals surface area contributed by atoms with Crippen LogP contribution in [-0.4, -0.2) is 37.8 Å². The fourth-order valence-electron chi connectivity index (χ4n) is 2.10. The van der Waals surface area contributed by atoms with Crippen molar-refractivity contribution in [3.63, 3.8) is 0 Å². The smallest absolute Gasteiger partial charge is 0.164 e. The number of imidazole rings is 1. The highest BCUT2D eigenvalue weighted by Crippen LogP contribution is 2.34. The third-order valence-corrected chi connectivity index (χ3v) is 3.23. The van der Waals surface area contributed by atoms with Crippen LogP contribution in [0.5, 0.6) is 17.2 Å². The molecular formula is C15H21N3O3. The molecule has 0 atom stereocenters. The predicted molar refractivity (Wildman–Crippen MR) is 80.1 cm³/mol. The first kappa shape index (κ1) is 15.2. The largest absolute Gasteiger partial charge is 0.496 e. The third-order valence-electron chi connectivity index (χ3n) is 3.23. The number of hydrogen-bond donors (Lipinski definition) is 2. The van der Waals surface area contributed by atoms with Gasteiger partial charge in [0.05, 0.1) is 27.7 Å². The summed E-state index contributed by atoms with van der Waals surface area (Å²) in [6.45, 7) is 1.54. The van der Waals surface area contributed by atoms with Gasteiger partial charge in [0.2, 0.25) is 0 Å². The van der Waals surface area contributed by atoms with Crippen LogP contribution in [0.25, 0.3) is 0 Å². The minimum absolute atomic E-state index is 0.663. The fourth-order valence-corrected chi connectivity index (χ4v) is 2.10. The summed E-state index contributed by atoms with van der Waals surface area (Å²) in [5, 5.41) is 3.38. The molecule has 0 aliphatic carbocycles. The number of aromatic amines is 1. The molecule has 2 rings (SSSR count). The minimum atomic E-state index is 0.663. The normalized spacial score (nSPS) is 10.4. The van der Waals surface area contributed by atoms with Gasteiger partial charge in [-0.1, -0.05) is 0 Å². The zero-order valence-corrected chi connectivity index (χ0v) is 12.6. The van der Waals surface area contributed by atoms with Gasteiger partial charge in [-0.25, -0.2) is 4.98 Å². The van der Waals surface area contributed by atoms with Crippen LogP contribution in [0, 0.1) is 0 Å². The lowest BCUT2D eigenvalue weighted by Crippen LogP contribution is -2.17. The molecule has 6 nitrogen and oxygen atoms in total. The lowest BCUT2D eigenvalue weighted by molar-refractivity contribution is 0.347. The van der Waals surface area contributed by atoms with E-state index in [9.17, 15) is 0 Å². The van der Waals surface area contributed by atoms with E-state index in [1.54, 1.807) is 27.7 Å². The maximum Gasteiger partial charge on any atom is 0.164 e. The molecule has 1 aromatic heterocycles. The van der Waals surface area contributed by atoms with Crippen molar-refractivity contribution >= 4 is 0 Å². The van der Waals surface area contributed by atoms with Crippen molar-refractivity contribution < 1.29 is 14.2 Å². The second-order valence-electron chi connectivity index (χ2n) is 4.52. The van der Waals surface area contributed by atoms with Crippen molar-refractivity contribution in [1.29, 1.82) is 0 Å². The second kappa shape index (κ2) is 7.54. The van der Waals surface area contributed by atoms with Crippen molar-refractivity contribution in [2.75, 3.05) is 27.9 Å². The van der Waals surface area contributed by atoms with Crippen molar-refractivity contribution in [3.8, 4) is 17.2 Å². The van der Waals surface area contributed by atoms with Gasteiger partial charge in [0.25, 0.3) is 0 Å². The predicted octanol–water partition coefficient (Wildman–Crippen LogP) is 1.77. The van der Waals surface area contributed by atoms with Gasteiger partial charge in [0.15, 0.2) is 11.5 Å². The first-order valence-corrected chi connectivity index (χ1v) is 6.75. The lowest BCUT2D eigenvalue weighted by atomic mass is 10.1. The van der Waals surface area contributed by atoms with Crippen LogP contribution in [0.3, 0.4) is 0 Å². The molecule has 6 heteroatoms. The molecule has 0 saturated carbocycles. The molecule has 2 N–H and O–H groups in total. The Bertz CT molecular complexity index is 556. The van der Waals surface area contributed by atoms with E-state index in [0.717, 1.165) is 30.0 Å². The summed E-state index contributed by atoms with van der Waals surface area (Å²) in [7, 11) is 4.88. The van der Waals surface area contributed by atoms with Crippen molar-refractivity contribution in [3.05, 3.63) is 35.9 Å². The average Bonchev–Trinajstić information content (AvgIpc) is 3.04. The molecule has 2 aromatic rings. The van der Waals surface area contributed by atoms with E-state index in [2.05, 4.69) is 15.3 Å². The van der Waals surface area contributed by atoms with E-state index >= 15 is 0 Å². The van der Waals surface area contributed by atoms with Crippen LogP contribution >= 0.6 is 0 Å². The number of nitrogens with zero attached hydrogens (tertiary/aromatic N) is 1. The van der Waals surface area contributed by atoms with Gasteiger partial charge in [0, 0.05) is 43.0 Å². The Morgan fingerprint density at radius 3 is 2.38 bits per heavy atom. The summed E-state index contributed by atoms with van der Waals surface area (Å²) in [6.07, 6.45) is 4.42. The number of H-pyrrole nitrogens is 1. The van der Waals surface area contributed by atoms with Crippen molar-refractivity contribution in [2.45, 2.75) is 13.0 Å². The summed E-state index contributed by atoms with van der Waals surface area (Å²) >= 11 is 0. The zero-order valence-electron chi connectivity index (χ0n) is 12.6. The first-order valence-electron chi connectivity index (χ1n) is 6.75. The topological polar surface area (TPSA) is 68.4 Å². The molecule has 1 heterocycles. The standard InChI is InChI=1S/C15H21N3O3/c1-19-13-7-15(21-3)14(20-2)6-11(13)8-16-5-4-12-9-17-10-18-12/h6-7,9-10,16H,4-5,8H2,1-3H3,(H,17,18). The summed E-state index contributed by atoms with van der Waals surface area (Å²) < 4.78 is 16.0. The summed E-state index contributed by atoms with van der Waals surface area (Å²) in [4.78, 5) is 7.07. The van der Waals surface area contributed by atoms with E-state index in [1.165, 1.54) is 0 Å². The summed E-state index contributed by atoms with van der Waals surface area (Å²) in [5.41, 5.74) is 2.14. The van der Waals surface area contributed by atoms with E-state index < -0.39 is 0 Å². The van der Waals surface area contributed by atoms with Crippen LogP contribution in [0.15, 0.2) is 24.7 Å². The average molecular weight is 291 g/mol. The molecule has 0 saturated heterocycles. The zero-order chi connectivity index (χ0) is 15.1. The fraction of sp³-hybridized carbons (Fsp3) is 0.400. The quantitative estimate of drug-likeness (QED) is 0.725. The number of hydrogen-bond acceptors (Lipinski definition) is 5.